The zero-order chi connectivity index (χ0) is 19.8. The maximum Gasteiger partial charge on any atom is 0.305 e. The van der Waals surface area contributed by atoms with Crippen LogP contribution in [0.5, 0.6) is 0 Å². The monoisotopic (exact) mass is 372 g/mol. The van der Waals surface area contributed by atoms with E-state index < -0.39 is 35.2 Å². The summed E-state index contributed by atoms with van der Waals surface area (Å²) in [4.78, 5) is 45.5. The number of nitro benzene ring substituents is 1. The molecular formula is C17H16N4O6. The van der Waals surface area contributed by atoms with Gasteiger partial charge < -0.3 is 10.4 Å². The second-order valence-electron chi connectivity index (χ2n) is 5.41. The first kappa shape index (κ1) is 19.5. The molecule has 0 saturated carbocycles. The molecule has 0 aliphatic rings. The van der Waals surface area contributed by atoms with Crippen LogP contribution in [0.15, 0.2) is 54.6 Å². The summed E-state index contributed by atoms with van der Waals surface area (Å²) in [5, 5.41) is 22.1. The molecule has 0 spiro atoms. The first-order valence-electron chi connectivity index (χ1n) is 7.75. The number of amides is 2. The third-order valence-corrected chi connectivity index (χ3v) is 3.42. The van der Waals surface area contributed by atoms with Crippen molar-refractivity contribution in [3.63, 3.8) is 0 Å². The van der Waals surface area contributed by atoms with Crippen LogP contribution in [-0.2, 0) is 9.59 Å². The topological polar surface area (TPSA) is 151 Å². The number of carboxylic acid groups (broad SMARTS) is 1. The average molecular weight is 372 g/mol. The number of hydrazine groups is 1. The average Bonchev–Trinajstić information content (AvgIpc) is 2.65. The molecule has 2 aromatic carbocycles. The van der Waals surface area contributed by atoms with Crippen LogP contribution in [0, 0.1) is 10.1 Å². The van der Waals surface area contributed by atoms with Crippen LogP contribution in [-0.4, -0.2) is 33.9 Å². The number of non-ortho nitro benzene ring substituents is 1. The minimum atomic E-state index is -1.30. The van der Waals surface area contributed by atoms with Crippen LogP contribution in [0.2, 0.25) is 0 Å². The van der Waals surface area contributed by atoms with E-state index in [9.17, 15) is 24.5 Å². The third-order valence-electron chi connectivity index (χ3n) is 3.42. The van der Waals surface area contributed by atoms with Gasteiger partial charge in [0.15, 0.2) is 0 Å². The predicted octanol–water partition coefficient (Wildman–Crippen LogP) is 1.31. The van der Waals surface area contributed by atoms with Gasteiger partial charge in [-0.3, -0.25) is 29.9 Å². The highest BCUT2D eigenvalue weighted by atomic mass is 16.6. The van der Waals surface area contributed by atoms with Gasteiger partial charge in [-0.2, -0.15) is 0 Å². The number of nitro groups is 1. The van der Waals surface area contributed by atoms with Gasteiger partial charge in [0, 0.05) is 23.4 Å². The highest BCUT2D eigenvalue weighted by molar-refractivity contribution is 5.98. The Morgan fingerprint density at radius 2 is 1.78 bits per heavy atom. The summed E-state index contributed by atoms with van der Waals surface area (Å²) in [6.45, 7) is 0. The fourth-order valence-corrected chi connectivity index (χ4v) is 2.12. The number of hydrogen-bond donors (Lipinski definition) is 4. The van der Waals surface area contributed by atoms with Crippen LogP contribution in [0.3, 0.4) is 0 Å². The molecule has 0 aromatic heterocycles. The van der Waals surface area contributed by atoms with Crippen molar-refractivity contribution in [2.75, 3.05) is 5.32 Å². The Morgan fingerprint density at radius 3 is 2.41 bits per heavy atom. The maximum atomic E-state index is 12.3. The minimum absolute atomic E-state index is 0.126. The summed E-state index contributed by atoms with van der Waals surface area (Å²) < 4.78 is 0. The van der Waals surface area contributed by atoms with E-state index in [1.165, 1.54) is 18.2 Å². The van der Waals surface area contributed by atoms with Crippen molar-refractivity contribution < 1.29 is 24.4 Å². The van der Waals surface area contributed by atoms with Crippen molar-refractivity contribution in [3.8, 4) is 0 Å². The van der Waals surface area contributed by atoms with Gasteiger partial charge in [-0.1, -0.05) is 24.3 Å². The van der Waals surface area contributed by atoms with Crippen molar-refractivity contribution in [2.24, 2.45) is 0 Å². The number of hydrogen-bond acceptors (Lipinski definition) is 6. The summed E-state index contributed by atoms with van der Waals surface area (Å²) in [5.41, 5.74) is 4.87. The molecule has 0 radical (unpaired) electrons. The van der Waals surface area contributed by atoms with Gasteiger partial charge in [-0.25, -0.2) is 5.43 Å². The molecule has 10 heteroatoms. The van der Waals surface area contributed by atoms with E-state index >= 15 is 0 Å². The summed E-state index contributed by atoms with van der Waals surface area (Å²) in [6.07, 6.45) is -0.615. The Bertz CT molecular complexity index is 856. The Kier molecular flexibility index (Phi) is 6.55. The van der Waals surface area contributed by atoms with E-state index in [2.05, 4.69) is 16.2 Å². The second kappa shape index (κ2) is 9.06. The van der Waals surface area contributed by atoms with Crippen LogP contribution in [0.4, 0.5) is 11.4 Å². The summed E-state index contributed by atoms with van der Waals surface area (Å²) >= 11 is 0. The fourth-order valence-electron chi connectivity index (χ4n) is 2.12. The molecule has 2 aromatic rings. The number of aliphatic carboxylic acids is 1. The Labute approximate surface area is 153 Å². The molecule has 0 aliphatic heterocycles. The van der Waals surface area contributed by atoms with Gasteiger partial charge >= 0.3 is 5.97 Å². The van der Waals surface area contributed by atoms with Gasteiger partial charge in [-0.05, 0) is 18.2 Å². The lowest BCUT2D eigenvalue weighted by molar-refractivity contribution is -0.384. The number of rotatable bonds is 8. The quantitative estimate of drug-likeness (QED) is 0.403. The van der Waals surface area contributed by atoms with Gasteiger partial charge in [0.05, 0.1) is 11.3 Å². The SMILES string of the molecule is O=C(O)C[C@H](NNC(=O)c1ccccc1)C(=O)Nc1cccc([N+](=O)[O-])c1. The van der Waals surface area contributed by atoms with Crippen LogP contribution >= 0.6 is 0 Å². The number of carboxylic acids is 1. The summed E-state index contributed by atoms with van der Waals surface area (Å²) in [7, 11) is 0. The lowest BCUT2D eigenvalue weighted by Gasteiger charge is -2.17. The molecule has 2 amide bonds. The largest absolute Gasteiger partial charge is 0.481 e. The summed E-state index contributed by atoms with van der Waals surface area (Å²) in [6, 6.07) is 12.0. The number of nitrogens with zero attached hydrogens (tertiary/aromatic N) is 1. The zero-order valence-electron chi connectivity index (χ0n) is 13.9. The van der Waals surface area contributed by atoms with Crippen LogP contribution in [0.25, 0.3) is 0 Å². The molecule has 1 atom stereocenters. The number of carbonyl (C=O) groups excluding carboxylic acids is 2. The normalized spacial score (nSPS) is 11.3. The van der Waals surface area contributed by atoms with E-state index in [1.54, 1.807) is 30.3 Å². The van der Waals surface area contributed by atoms with Gasteiger partial charge in [0.25, 0.3) is 11.6 Å². The van der Waals surface area contributed by atoms with Crippen LogP contribution in [0.1, 0.15) is 16.8 Å². The maximum absolute atomic E-state index is 12.3. The first-order valence-corrected chi connectivity index (χ1v) is 7.75. The molecule has 0 bridgehead atoms. The molecule has 0 fully saturated rings. The molecule has 0 heterocycles. The smallest absolute Gasteiger partial charge is 0.305 e. The molecule has 0 unspecified atom stereocenters. The minimum Gasteiger partial charge on any atom is -0.481 e. The van der Waals surface area contributed by atoms with Crippen molar-refractivity contribution in [1.82, 2.24) is 10.9 Å². The van der Waals surface area contributed by atoms with E-state index in [-0.39, 0.29) is 11.4 Å². The van der Waals surface area contributed by atoms with Crippen molar-refractivity contribution in [3.05, 3.63) is 70.3 Å². The highest BCUT2D eigenvalue weighted by Gasteiger charge is 2.23. The van der Waals surface area contributed by atoms with Gasteiger partial charge in [-0.15, -0.1) is 0 Å². The number of anilines is 1. The molecule has 10 nitrogen and oxygen atoms in total. The lowest BCUT2D eigenvalue weighted by atomic mass is 10.2. The molecule has 0 saturated heterocycles. The molecular weight excluding hydrogens is 356 g/mol. The number of carbonyl (C=O) groups is 3. The molecule has 0 aliphatic carbocycles. The predicted molar refractivity (Wildman–Crippen MR) is 94.8 cm³/mol. The van der Waals surface area contributed by atoms with Gasteiger partial charge in [0.1, 0.15) is 6.04 Å². The molecule has 140 valence electrons. The Morgan fingerprint density at radius 1 is 1.07 bits per heavy atom. The second-order valence-corrected chi connectivity index (χ2v) is 5.41. The van der Waals surface area contributed by atoms with Crippen molar-refractivity contribution in [1.29, 1.82) is 0 Å². The van der Waals surface area contributed by atoms with E-state index in [4.69, 9.17) is 5.11 Å². The highest BCUT2D eigenvalue weighted by Crippen LogP contribution is 2.17. The fraction of sp³-hybridized carbons (Fsp3) is 0.118. The van der Waals surface area contributed by atoms with Crippen molar-refractivity contribution in [2.45, 2.75) is 12.5 Å². The molecule has 4 N–H and O–H groups in total. The van der Waals surface area contributed by atoms with Crippen molar-refractivity contribution >= 4 is 29.2 Å². The van der Waals surface area contributed by atoms with E-state index in [0.717, 1.165) is 6.07 Å². The Balaban J connectivity index is 2.05. The molecule has 2 rings (SSSR count). The number of nitrogens with one attached hydrogen (secondary N) is 3. The van der Waals surface area contributed by atoms with E-state index in [0.29, 0.717) is 5.56 Å². The number of benzene rings is 2. The standard InChI is InChI=1S/C17H16N4O6/c22-15(23)10-14(19-20-16(24)11-5-2-1-3-6-11)17(25)18-12-7-4-8-13(9-12)21(26)27/h1-9,14,19H,10H2,(H,18,25)(H,20,24)(H,22,23)/t14-/m0/s1. The van der Waals surface area contributed by atoms with Crippen LogP contribution < -0.4 is 16.2 Å². The lowest BCUT2D eigenvalue weighted by Crippen LogP contribution is -2.50. The first-order chi connectivity index (χ1) is 12.9. The molecule has 27 heavy (non-hydrogen) atoms. The summed E-state index contributed by atoms with van der Waals surface area (Å²) in [5.74, 6) is -2.59. The third kappa shape index (κ3) is 5.90. The van der Waals surface area contributed by atoms with Gasteiger partial charge in [0.2, 0.25) is 5.91 Å². The zero-order valence-corrected chi connectivity index (χ0v) is 13.9. The Hall–Kier alpha value is -3.79. The van der Waals surface area contributed by atoms with E-state index in [1.807, 2.05) is 0 Å².